The van der Waals surface area contributed by atoms with Crippen molar-refractivity contribution in [3.8, 4) is 5.82 Å². The normalized spacial score (nSPS) is 22.6. The van der Waals surface area contributed by atoms with E-state index in [1.807, 2.05) is 24.4 Å². The average Bonchev–Trinajstić information content (AvgIpc) is 3.02. The van der Waals surface area contributed by atoms with Gasteiger partial charge in [0.2, 0.25) is 0 Å². The molecule has 1 fully saturated rings. The Morgan fingerprint density at radius 3 is 2.95 bits per heavy atom. The second-order valence-corrected chi connectivity index (χ2v) is 5.13. The molecule has 3 rings (SSSR count). The van der Waals surface area contributed by atoms with Gasteiger partial charge in [0, 0.05) is 25.7 Å². The van der Waals surface area contributed by atoms with Gasteiger partial charge in [-0.15, -0.1) is 0 Å². The lowest BCUT2D eigenvalue weighted by Gasteiger charge is -2.32. The van der Waals surface area contributed by atoms with Crippen LogP contribution in [0.4, 0.5) is 5.69 Å². The van der Waals surface area contributed by atoms with Crippen molar-refractivity contribution in [3.05, 3.63) is 36.8 Å². The second kappa shape index (κ2) is 6.05. The lowest BCUT2D eigenvalue weighted by molar-refractivity contribution is 0.0606. The molecule has 0 saturated heterocycles. The molecule has 106 valence electrons. The minimum absolute atomic E-state index is 0.273. The third-order valence-corrected chi connectivity index (χ3v) is 3.85. The Kier molecular flexibility index (Phi) is 3.97. The van der Waals surface area contributed by atoms with Crippen LogP contribution in [0.15, 0.2) is 36.8 Å². The predicted molar refractivity (Wildman–Crippen MR) is 78.0 cm³/mol. The summed E-state index contributed by atoms with van der Waals surface area (Å²) in [7, 11) is 1.79. The van der Waals surface area contributed by atoms with Crippen molar-refractivity contribution >= 4 is 5.69 Å². The number of ether oxygens (including phenoxy) is 1. The molecule has 0 aliphatic heterocycles. The van der Waals surface area contributed by atoms with Gasteiger partial charge < -0.3 is 10.1 Å². The van der Waals surface area contributed by atoms with E-state index < -0.39 is 0 Å². The van der Waals surface area contributed by atoms with E-state index in [-0.39, 0.29) is 6.10 Å². The summed E-state index contributed by atoms with van der Waals surface area (Å²) in [6, 6.07) is 6.23. The summed E-state index contributed by atoms with van der Waals surface area (Å²) in [6.45, 7) is 0. The quantitative estimate of drug-likeness (QED) is 0.929. The first-order valence-corrected chi connectivity index (χ1v) is 7.13. The summed E-state index contributed by atoms with van der Waals surface area (Å²) in [6.07, 6.45) is 10.5. The Balaban J connectivity index is 1.83. The van der Waals surface area contributed by atoms with Crippen molar-refractivity contribution in [1.29, 1.82) is 0 Å². The largest absolute Gasteiger partial charge is 0.379 e. The predicted octanol–water partition coefficient (Wildman–Crippen LogP) is 2.64. The molecule has 2 unspecified atom stereocenters. The molecule has 0 amide bonds. The van der Waals surface area contributed by atoms with Gasteiger partial charge in [0.25, 0.3) is 0 Å². The lowest BCUT2D eigenvalue weighted by Crippen LogP contribution is -2.38. The van der Waals surface area contributed by atoms with E-state index in [0.29, 0.717) is 6.04 Å². The summed E-state index contributed by atoms with van der Waals surface area (Å²) >= 11 is 0. The van der Waals surface area contributed by atoms with Crippen LogP contribution in [-0.2, 0) is 4.74 Å². The lowest BCUT2D eigenvalue weighted by atomic mass is 9.92. The zero-order valence-electron chi connectivity index (χ0n) is 11.7. The summed E-state index contributed by atoms with van der Waals surface area (Å²) < 4.78 is 7.39. The van der Waals surface area contributed by atoms with E-state index in [9.17, 15) is 0 Å². The first-order chi connectivity index (χ1) is 9.88. The average molecular weight is 272 g/mol. The van der Waals surface area contributed by atoms with Gasteiger partial charge in [-0.25, -0.2) is 9.67 Å². The molecule has 2 heterocycles. The SMILES string of the molecule is COC1CCCCC1Nc1cccnc1-n1cccn1. The molecule has 0 aromatic carbocycles. The van der Waals surface area contributed by atoms with Crippen molar-refractivity contribution < 1.29 is 4.74 Å². The summed E-state index contributed by atoms with van der Waals surface area (Å²) in [5, 5.41) is 7.85. The first-order valence-electron chi connectivity index (χ1n) is 7.13. The molecular formula is C15H20N4O. The Bertz CT molecular complexity index is 541. The molecule has 1 N–H and O–H groups in total. The molecule has 2 aromatic rings. The Morgan fingerprint density at radius 2 is 2.15 bits per heavy atom. The van der Waals surface area contributed by atoms with Crippen molar-refractivity contribution in [2.24, 2.45) is 0 Å². The van der Waals surface area contributed by atoms with Crippen LogP contribution in [0.1, 0.15) is 25.7 Å². The molecule has 1 aliphatic rings. The minimum atomic E-state index is 0.273. The number of nitrogens with zero attached hydrogens (tertiary/aromatic N) is 3. The molecule has 0 radical (unpaired) electrons. The Morgan fingerprint density at radius 1 is 1.25 bits per heavy atom. The van der Waals surface area contributed by atoms with Crippen LogP contribution < -0.4 is 5.32 Å². The van der Waals surface area contributed by atoms with Crippen LogP contribution in [-0.4, -0.2) is 34.0 Å². The van der Waals surface area contributed by atoms with Crippen molar-refractivity contribution in [2.75, 3.05) is 12.4 Å². The molecule has 1 aliphatic carbocycles. The van der Waals surface area contributed by atoms with Gasteiger partial charge in [-0.1, -0.05) is 12.8 Å². The molecule has 1 saturated carbocycles. The maximum atomic E-state index is 5.60. The third-order valence-electron chi connectivity index (χ3n) is 3.85. The van der Waals surface area contributed by atoms with Crippen LogP contribution in [0.3, 0.4) is 0 Å². The van der Waals surface area contributed by atoms with E-state index in [1.165, 1.54) is 12.8 Å². The number of anilines is 1. The maximum absolute atomic E-state index is 5.60. The third kappa shape index (κ3) is 2.67. The minimum Gasteiger partial charge on any atom is -0.379 e. The summed E-state index contributed by atoms with van der Waals surface area (Å²) in [4.78, 5) is 4.43. The molecule has 20 heavy (non-hydrogen) atoms. The number of hydrogen-bond donors (Lipinski definition) is 1. The van der Waals surface area contributed by atoms with Crippen LogP contribution in [0.2, 0.25) is 0 Å². The fraction of sp³-hybridized carbons (Fsp3) is 0.467. The number of hydrogen-bond acceptors (Lipinski definition) is 4. The van der Waals surface area contributed by atoms with Gasteiger partial charge in [0.15, 0.2) is 5.82 Å². The maximum Gasteiger partial charge on any atom is 0.176 e. The fourth-order valence-corrected chi connectivity index (χ4v) is 2.83. The fourth-order valence-electron chi connectivity index (χ4n) is 2.83. The topological polar surface area (TPSA) is 52.0 Å². The van der Waals surface area contributed by atoms with Gasteiger partial charge in [-0.2, -0.15) is 5.10 Å². The van der Waals surface area contributed by atoms with E-state index in [4.69, 9.17) is 4.74 Å². The highest BCUT2D eigenvalue weighted by Crippen LogP contribution is 2.26. The standard InChI is InChI=1S/C15H20N4O/c1-20-14-8-3-2-6-12(14)18-13-7-4-9-16-15(13)19-11-5-10-17-19/h4-5,7,9-12,14,18H,2-3,6,8H2,1H3. The molecule has 5 heteroatoms. The van der Waals surface area contributed by atoms with Crippen molar-refractivity contribution in [2.45, 2.75) is 37.8 Å². The molecular weight excluding hydrogens is 252 g/mol. The first kappa shape index (κ1) is 13.1. The summed E-state index contributed by atoms with van der Waals surface area (Å²) in [5.41, 5.74) is 1.00. The number of rotatable bonds is 4. The van der Waals surface area contributed by atoms with E-state index >= 15 is 0 Å². The van der Waals surface area contributed by atoms with E-state index in [0.717, 1.165) is 24.3 Å². The Labute approximate surface area is 119 Å². The smallest absolute Gasteiger partial charge is 0.176 e. The zero-order valence-corrected chi connectivity index (χ0v) is 11.7. The molecule has 0 bridgehead atoms. The van der Waals surface area contributed by atoms with E-state index in [1.54, 1.807) is 24.2 Å². The molecule has 5 nitrogen and oxygen atoms in total. The molecule has 2 atom stereocenters. The number of methoxy groups -OCH3 is 1. The molecule has 2 aromatic heterocycles. The Hall–Kier alpha value is -1.88. The highest BCUT2D eigenvalue weighted by atomic mass is 16.5. The highest BCUT2D eigenvalue weighted by Gasteiger charge is 2.25. The monoisotopic (exact) mass is 272 g/mol. The van der Waals surface area contributed by atoms with Gasteiger partial charge in [-0.3, -0.25) is 0 Å². The number of nitrogens with one attached hydrogen (secondary N) is 1. The van der Waals surface area contributed by atoms with Crippen LogP contribution >= 0.6 is 0 Å². The van der Waals surface area contributed by atoms with Crippen LogP contribution in [0.25, 0.3) is 5.82 Å². The van der Waals surface area contributed by atoms with Crippen LogP contribution in [0, 0.1) is 0 Å². The van der Waals surface area contributed by atoms with Gasteiger partial charge >= 0.3 is 0 Å². The second-order valence-electron chi connectivity index (χ2n) is 5.13. The van der Waals surface area contributed by atoms with E-state index in [2.05, 4.69) is 15.4 Å². The zero-order chi connectivity index (χ0) is 13.8. The number of pyridine rings is 1. The highest BCUT2D eigenvalue weighted by molar-refractivity contribution is 5.57. The van der Waals surface area contributed by atoms with Gasteiger partial charge in [0.1, 0.15) is 0 Å². The van der Waals surface area contributed by atoms with Crippen molar-refractivity contribution in [1.82, 2.24) is 14.8 Å². The van der Waals surface area contributed by atoms with Crippen molar-refractivity contribution in [3.63, 3.8) is 0 Å². The molecule has 0 spiro atoms. The van der Waals surface area contributed by atoms with Gasteiger partial charge in [-0.05, 0) is 31.0 Å². The summed E-state index contributed by atoms with van der Waals surface area (Å²) in [5.74, 6) is 0.831. The van der Waals surface area contributed by atoms with Crippen LogP contribution in [0.5, 0.6) is 0 Å². The number of aromatic nitrogens is 3. The van der Waals surface area contributed by atoms with Gasteiger partial charge in [0.05, 0.1) is 17.8 Å².